The van der Waals surface area contributed by atoms with Crippen molar-refractivity contribution in [2.45, 2.75) is 53.4 Å². The molecule has 24 heavy (non-hydrogen) atoms. The fourth-order valence-electron chi connectivity index (χ4n) is 2.04. The number of pyridine rings is 2. The quantitative estimate of drug-likeness (QED) is 0.880. The van der Waals surface area contributed by atoms with Gasteiger partial charge in [-0.25, -0.2) is 4.98 Å². The van der Waals surface area contributed by atoms with Gasteiger partial charge in [-0.15, -0.1) is 0 Å². The first kappa shape index (κ1) is 21.9. The summed E-state index contributed by atoms with van der Waals surface area (Å²) in [5.41, 5.74) is 2.54. The molecule has 2 aromatic heterocycles. The third-order valence-electron chi connectivity index (χ3n) is 3.19. The van der Waals surface area contributed by atoms with Crippen LogP contribution in [0.4, 0.5) is 5.82 Å². The number of aryl methyl sites for hydroxylation is 2. The predicted octanol–water partition coefficient (Wildman–Crippen LogP) is 4.45. The number of aromatic nitrogens is 2. The monoisotopic (exact) mass is 331 g/mol. The smallest absolute Gasteiger partial charge is 0.247 e. The Hall–Kier alpha value is -2.10. The molecule has 0 fully saturated rings. The van der Waals surface area contributed by atoms with E-state index in [4.69, 9.17) is 0 Å². The van der Waals surface area contributed by atoms with Crippen LogP contribution in [0.15, 0.2) is 41.5 Å². The third kappa shape index (κ3) is 9.13. The van der Waals surface area contributed by atoms with Crippen LogP contribution in [0.25, 0.3) is 0 Å². The van der Waals surface area contributed by atoms with Crippen molar-refractivity contribution in [3.8, 4) is 0 Å². The Balaban J connectivity index is 0.000000405. The Kier molecular flexibility index (Phi) is 12.2. The van der Waals surface area contributed by atoms with Crippen LogP contribution in [0.3, 0.4) is 0 Å². The van der Waals surface area contributed by atoms with Gasteiger partial charge in [-0.05, 0) is 36.1 Å². The van der Waals surface area contributed by atoms with Crippen LogP contribution in [0, 0.1) is 0 Å². The van der Waals surface area contributed by atoms with Gasteiger partial charge in [-0.2, -0.15) is 0 Å². The molecule has 0 saturated heterocycles. The first-order chi connectivity index (χ1) is 11.6. The molecule has 1 N–H and O–H groups in total. The van der Waals surface area contributed by atoms with Crippen LogP contribution in [-0.2, 0) is 12.8 Å². The van der Waals surface area contributed by atoms with Crippen molar-refractivity contribution in [2.24, 2.45) is 0 Å². The number of hydrogen-bond acceptors (Lipinski definition) is 3. The van der Waals surface area contributed by atoms with Gasteiger partial charge in [-0.3, -0.25) is 4.79 Å². The second-order valence-corrected chi connectivity index (χ2v) is 5.48. The van der Waals surface area contributed by atoms with Gasteiger partial charge in [0, 0.05) is 32.6 Å². The molecule has 4 nitrogen and oxygen atoms in total. The van der Waals surface area contributed by atoms with E-state index >= 15 is 0 Å². The molecule has 0 saturated carbocycles. The number of nitrogens with one attached hydrogen (secondary N) is 1. The molecule has 0 radical (unpaired) electrons. The maximum absolute atomic E-state index is 10.6. The molecule has 0 aliphatic rings. The Labute approximate surface area is 147 Å². The highest BCUT2D eigenvalue weighted by Gasteiger charge is 1.97. The molecule has 0 amide bonds. The highest BCUT2D eigenvalue weighted by atomic mass is 16.1. The number of nitrogens with zero attached hydrogens (tertiary/aromatic N) is 2. The Morgan fingerprint density at radius 2 is 1.62 bits per heavy atom. The van der Waals surface area contributed by atoms with E-state index in [9.17, 15) is 4.79 Å². The number of H-pyrrole nitrogens is 1. The maximum atomic E-state index is 10.6. The van der Waals surface area contributed by atoms with E-state index in [1.807, 2.05) is 45.1 Å². The second kappa shape index (κ2) is 13.3. The zero-order valence-electron chi connectivity index (χ0n) is 16.1. The van der Waals surface area contributed by atoms with Gasteiger partial charge in [0.25, 0.3) is 0 Å². The van der Waals surface area contributed by atoms with Crippen LogP contribution >= 0.6 is 0 Å². The topological polar surface area (TPSA) is 49.0 Å². The second-order valence-electron chi connectivity index (χ2n) is 5.48. The normalized spacial score (nSPS) is 9.25. The molecule has 0 bridgehead atoms. The van der Waals surface area contributed by atoms with Gasteiger partial charge >= 0.3 is 0 Å². The lowest BCUT2D eigenvalue weighted by Gasteiger charge is -2.11. The van der Waals surface area contributed by atoms with E-state index in [2.05, 4.69) is 35.9 Å². The fraction of sp³-hybridized carbons (Fsp3) is 0.500. The fourth-order valence-corrected chi connectivity index (χ4v) is 2.04. The first-order valence-electron chi connectivity index (χ1n) is 8.86. The minimum atomic E-state index is -0.0279. The average Bonchev–Trinajstić information content (AvgIpc) is 2.60. The summed E-state index contributed by atoms with van der Waals surface area (Å²) in [6.07, 6.45) is 8.13. The lowest BCUT2D eigenvalue weighted by Crippen LogP contribution is -2.10. The third-order valence-corrected chi connectivity index (χ3v) is 3.19. The minimum absolute atomic E-state index is 0.0279. The van der Waals surface area contributed by atoms with Gasteiger partial charge in [0.05, 0.1) is 0 Å². The van der Waals surface area contributed by atoms with Crippen LogP contribution < -0.4 is 10.5 Å². The molecule has 2 rings (SSSR count). The molecule has 0 aromatic carbocycles. The zero-order valence-corrected chi connectivity index (χ0v) is 16.1. The van der Waals surface area contributed by atoms with E-state index in [0.717, 1.165) is 25.1 Å². The number of aromatic amines is 1. The van der Waals surface area contributed by atoms with Gasteiger partial charge in [0.2, 0.25) is 5.56 Å². The van der Waals surface area contributed by atoms with E-state index in [1.54, 1.807) is 12.3 Å². The van der Waals surface area contributed by atoms with Gasteiger partial charge in [0.15, 0.2) is 0 Å². The lowest BCUT2D eigenvalue weighted by molar-refractivity contribution is 0.911. The van der Waals surface area contributed by atoms with E-state index in [1.165, 1.54) is 17.5 Å². The summed E-state index contributed by atoms with van der Waals surface area (Å²) in [7, 11) is 4.02. The van der Waals surface area contributed by atoms with Crippen molar-refractivity contribution in [2.75, 3.05) is 19.0 Å². The van der Waals surface area contributed by atoms with E-state index < -0.39 is 0 Å². The van der Waals surface area contributed by atoms with Crippen LogP contribution in [0.5, 0.6) is 0 Å². The molecule has 2 heterocycles. The summed E-state index contributed by atoms with van der Waals surface area (Å²) >= 11 is 0. The van der Waals surface area contributed by atoms with Crippen LogP contribution in [0.1, 0.15) is 51.7 Å². The first-order valence-corrected chi connectivity index (χ1v) is 8.86. The molecular formula is C20H33N3O. The SMILES string of the molecule is CC.CCCc1ccc(=O)[nH]c1.CCCc1ccnc(N(C)C)c1. The molecular weight excluding hydrogens is 298 g/mol. The molecule has 0 spiro atoms. The number of anilines is 1. The van der Waals surface area contributed by atoms with Crippen molar-refractivity contribution in [3.05, 3.63) is 58.1 Å². The summed E-state index contributed by atoms with van der Waals surface area (Å²) in [4.78, 5) is 19.5. The van der Waals surface area contributed by atoms with E-state index in [0.29, 0.717) is 0 Å². The van der Waals surface area contributed by atoms with Crippen molar-refractivity contribution >= 4 is 5.82 Å². The molecule has 2 aromatic rings. The Morgan fingerprint density at radius 1 is 1.00 bits per heavy atom. The van der Waals surface area contributed by atoms with E-state index in [-0.39, 0.29) is 5.56 Å². The van der Waals surface area contributed by atoms with Crippen molar-refractivity contribution in [1.29, 1.82) is 0 Å². The van der Waals surface area contributed by atoms with Crippen LogP contribution in [-0.4, -0.2) is 24.1 Å². The summed E-state index contributed by atoms with van der Waals surface area (Å²) in [6, 6.07) is 7.65. The summed E-state index contributed by atoms with van der Waals surface area (Å²) in [5.74, 6) is 1.04. The average molecular weight is 332 g/mol. The zero-order chi connectivity index (χ0) is 18.4. The lowest BCUT2D eigenvalue weighted by atomic mass is 10.1. The Bertz CT molecular complexity index is 585. The molecule has 0 unspecified atom stereocenters. The van der Waals surface area contributed by atoms with Crippen molar-refractivity contribution < 1.29 is 0 Å². The highest BCUT2D eigenvalue weighted by Crippen LogP contribution is 2.10. The largest absolute Gasteiger partial charge is 0.363 e. The molecule has 0 aliphatic heterocycles. The minimum Gasteiger partial charge on any atom is -0.363 e. The molecule has 0 aliphatic carbocycles. The molecule has 0 atom stereocenters. The van der Waals surface area contributed by atoms with Gasteiger partial charge < -0.3 is 9.88 Å². The number of rotatable bonds is 5. The summed E-state index contributed by atoms with van der Waals surface area (Å²) in [6.45, 7) is 8.31. The van der Waals surface area contributed by atoms with Gasteiger partial charge in [0.1, 0.15) is 5.82 Å². The number of hydrogen-bond donors (Lipinski definition) is 1. The Morgan fingerprint density at radius 3 is 2.12 bits per heavy atom. The van der Waals surface area contributed by atoms with Crippen molar-refractivity contribution in [1.82, 2.24) is 9.97 Å². The molecule has 4 heteroatoms. The van der Waals surface area contributed by atoms with Gasteiger partial charge in [-0.1, -0.05) is 46.6 Å². The molecule has 134 valence electrons. The summed E-state index contributed by atoms with van der Waals surface area (Å²) in [5, 5.41) is 0. The van der Waals surface area contributed by atoms with Crippen LogP contribution in [0.2, 0.25) is 0 Å². The predicted molar refractivity (Wildman–Crippen MR) is 105 cm³/mol. The summed E-state index contributed by atoms with van der Waals surface area (Å²) < 4.78 is 0. The standard InChI is InChI=1S/C10H16N2.C8H11NO.C2H6/c1-4-5-9-6-7-11-10(8-9)12(2)3;1-2-3-7-4-5-8(10)9-6-7;1-2/h6-8H,4-5H2,1-3H3;4-6H,2-3H2,1H3,(H,9,10);1-2H3. The maximum Gasteiger partial charge on any atom is 0.247 e. The highest BCUT2D eigenvalue weighted by molar-refractivity contribution is 5.38. The van der Waals surface area contributed by atoms with Crippen molar-refractivity contribution in [3.63, 3.8) is 0 Å².